The van der Waals surface area contributed by atoms with Gasteiger partial charge in [-0.3, -0.25) is 13.9 Å². The first-order chi connectivity index (χ1) is 18.0. The summed E-state index contributed by atoms with van der Waals surface area (Å²) in [6, 6.07) is 19.7. The van der Waals surface area contributed by atoms with Crippen molar-refractivity contribution in [3.8, 4) is 0 Å². The third-order valence-corrected chi connectivity index (χ3v) is 7.80. The van der Waals surface area contributed by atoms with E-state index in [2.05, 4.69) is 5.32 Å². The van der Waals surface area contributed by atoms with E-state index in [-0.39, 0.29) is 29.1 Å². The highest BCUT2D eigenvalue weighted by molar-refractivity contribution is 7.92. The minimum atomic E-state index is -4.32. The van der Waals surface area contributed by atoms with Crippen molar-refractivity contribution in [2.24, 2.45) is 0 Å². The Labute approximate surface area is 224 Å². The summed E-state index contributed by atoms with van der Waals surface area (Å²) in [5.74, 6) is -1.75. The molecule has 0 spiro atoms. The van der Waals surface area contributed by atoms with Crippen molar-refractivity contribution in [1.82, 2.24) is 10.2 Å². The van der Waals surface area contributed by atoms with Crippen molar-refractivity contribution in [3.63, 3.8) is 0 Å². The first-order valence-electron chi connectivity index (χ1n) is 12.5. The van der Waals surface area contributed by atoms with E-state index in [1.165, 1.54) is 35.2 Å². The molecule has 0 aliphatic carbocycles. The molecule has 0 fully saturated rings. The minimum absolute atomic E-state index is 0.0710. The average Bonchev–Trinajstić information content (AvgIpc) is 2.88. The number of nitrogens with one attached hydrogen (secondary N) is 1. The Balaban J connectivity index is 2.06. The van der Waals surface area contributed by atoms with Crippen LogP contribution in [0.3, 0.4) is 0 Å². The molecular formula is C29H34FN3O4S. The Morgan fingerprint density at radius 3 is 2.11 bits per heavy atom. The van der Waals surface area contributed by atoms with Gasteiger partial charge in [0.15, 0.2) is 0 Å². The fourth-order valence-corrected chi connectivity index (χ4v) is 5.51. The number of carbonyl (C=O) groups excluding carboxylic acids is 2. The molecule has 0 aromatic heterocycles. The summed E-state index contributed by atoms with van der Waals surface area (Å²) in [7, 11) is -4.32. The predicted molar refractivity (Wildman–Crippen MR) is 146 cm³/mol. The lowest BCUT2D eigenvalue weighted by molar-refractivity contribution is -0.140. The maximum Gasteiger partial charge on any atom is 0.264 e. The Kier molecular flexibility index (Phi) is 9.63. The summed E-state index contributed by atoms with van der Waals surface area (Å²) < 4.78 is 43.2. The zero-order valence-corrected chi connectivity index (χ0v) is 22.9. The van der Waals surface area contributed by atoms with Crippen molar-refractivity contribution < 1.29 is 22.4 Å². The maximum absolute atomic E-state index is 14.9. The summed E-state index contributed by atoms with van der Waals surface area (Å²) in [4.78, 5) is 28.3. The smallest absolute Gasteiger partial charge is 0.264 e. The first kappa shape index (κ1) is 28.8. The number of carbonyl (C=O) groups is 2. The highest BCUT2D eigenvalue weighted by atomic mass is 32.2. The number of hydrogen-bond donors (Lipinski definition) is 1. The number of hydrogen-bond acceptors (Lipinski definition) is 4. The number of aryl methyl sites for hydroxylation is 1. The van der Waals surface area contributed by atoms with Gasteiger partial charge in [-0.15, -0.1) is 0 Å². The second-order valence-corrected chi connectivity index (χ2v) is 11.2. The molecule has 3 aromatic rings. The van der Waals surface area contributed by atoms with E-state index in [1.54, 1.807) is 19.1 Å². The van der Waals surface area contributed by atoms with E-state index in [9.17, 15) is 22.4 Å². The van der Waals surface area contributed by atoms with Gasteiger partial charge in [0.2, 0.25) is 11.8 Å². The Morgan fingerprint density at radius 1 is 0.921 bits per heavy atom. The fraction of sp³-hybridized carbons (Fsp3) is 0.310. The van der Waals surface area contributed by atoms with Crippen LogP contribution in [0.1, 0.15) is 38.3 Å². The molecule has 202 valence electrons. The third-order valence-electron chi connectivity index (χ3n) is 6.02. The molecule has 1 N–H and O–H groups in total. The van der Waals surface area contributed by atoms with Crippen molar-refractivity contribution >= 4 is 27.5 Å². The number of amides is 2. The monoisotopic (exact) mass is 539 g/mol. The molecule has 3 rings (SSSR count). The Bertz CT molecular complexity index is 1350. The molecule has 0 heterocycles. The number of para-hydroxylation sites is 1. The average molecular weight is 540 g/mol. The summed E-state index contributed by atoms with van der Waals surface area (Å²) >= 11 is 0. The topological polar surface area (TPSA) is 86.8 Å². The molecule has 0 saturated heterocycles. The van der Waals surface area contributed by atoms with Crippen LogP contribution >= 0.6 is 0 Å². The van der Waals surface area contributed by atoms with Gasteiger partial charge in [0, 0.05) is 12.6 Å². The number of rotatable bonds is 11. The number of anilines is 1. The molecule has 9 heteroatoms. The van der Waals surface area contributed by atoms with Crippen LogP contribution in [0.5, 0.6) is 0 Å². The molecule has 0 saturated carbocycles. The van der Waals surface area contributed by atoms with Crippen LogP contribution in [0, 0.1) is 12.7 Å². The summed E-state index contributed by atoms with van der Waals surface area (Å²) in [5, 5.41) is 2.85. The van der Waals surface area contributed by atoms with E-state index in [0.717, 1.165) is 21.5 Å². The van der Waals surface area contributed by atoms with Crippen LogP contribution < -0.4 is 9.62 Å². The lowest BCUT2D eigenvalue weighted by atomic mass is 10.1. The zero-order valence-electron chi connectivity index (χ0n) is 22.1. The number of benzene rings is 3. The molecule has 0 unspecified atom stereocenters. The van der Waals surface area contributed by atoms with E-state index >= 15 is 0 Å². The van der Waals surface area contributed by atoms with E-state index < -0.39 is 34.3 Å². The van der Waals surface area contributed by atoms with Gasteiger partial charge in [-0.05, 0) is 57.0 Å². The predicted octanol–water partition coefficient (Wildman–Crippen LogP) is 4.66. The second-order valence-electron chi connectivity index (χ2n) is 9.37. The number of halogens is 1. The highest BCUT2D eigenvalue weighted by Gasteiger charge is 2.34. The third kappa shape index (κ3) is 6.98. The molecule has 0 bridgehead atoms. The van der Waals surface area contributed by atoms with Crippen molar-refractivity contribution in [2.45, 2.75) is 57.6 Å². The highest BCUT2D eigenvalue weighted by Crippen LogP contribution is 2.27. The van der Waals surface area contributed by atoms with Gasteiger partial charge < -0.3 is 10.2 Å². The minimum Gasteiger partial charge on any atom is -0.352 e. The van der Waals surface area contributed by atoms with Crippen LogP contribution in [0.25, 0.3) is 0 Å². The van der Waals surface area contributed by atoms with E-state index in [4.69, 9.17) is 0 Å². The lowest BCUT2D eigenvalue weighted by Gasteiger charge is -2.33. The fourth-order valence-electron chi connectivity index (χ4n) is 4.09. The summed E-state index contributed by atoms with van der Waals surface area (Å²) in [5.41, 5.74) is 1.38. The molecular weight excluding hydrogens is 505 g/mol. The van der Waals surface area contributed by atoms with Crippen LogP contribution in [-0.2, 0) is 26.2 Å². The van der Waals surface area contributed by atoms with Crippen molar-refractivity contribution in [1.29, 1.82) is 0 Å². The van der Waals surface area contributed by atoms with Crippen LogP contribution in [0.2, 0.25) is 0 Å². The summed E-state index contributed by atoms with van der Waals surface area (Å²) in [6.07, 6.45) is 0.307. The molecule has 1 atom stereocenters. The van der Waals surface area contributed by atoms with Gasteiger partial charge in [0.05, 0.1) is 10.6 Å². The van der Waals surface area contributed by atoms with Gasteiger partial charge in [-0.2, -0.15) is 0 Å². The van der Waals surface area contributed by atoms with Crippen LogP contribution in [0.4, 0.5) is 10.1 Å². The van der Waals surface area contributed by atoms with E-state index in [0.29, 0.717) is 6.42 Å². The van der Waals surface area contributed by atoms with E-state index in [1.807, 2.05) is 51.1 Å². The van der Waals surface area contributed by atoms with Crippen LogP contribution in [0.15, 0.2) is 83.8 Å². The molecule has 0 aliphatic rings. The van der Waals surface area contributed by atoms with Gasteiger partial charge in [0.25, 0.3) is 10.0 Å². The number of nitrogens with zero attached hydrogens (tertiary/aromatic N) is 2. The lowest BCUT2D eigenvalue weighted by Crippen LogP contribution is -2.53. The second kappa shape index (κ2) is 12.7. The van der Waals surface area contributed by atoms with Crippen molar-refractivity contribution in [2.75, 3.05) is 10.8 Å². The quantitative estimate of drug-likeness (QED) is 0.384. The summed E-state index contributed by atoms with van der Waals surface area (Å²) in [6.45, 7) is 6.65. The SMILES string of the molecule is CC[C@H](C(=O)NC(C)C)N(Cc1ccccc1)C(=O)CN(c1ccccc1F)S(=O)(=O)c1ccc(C)cc1. The maximum atomic E-state index is 14.9. The van der Waals surface area contributed by atoms with Crippen molar-refractivity contribution in [3.05, 3.63) is 95.8 Å². The first-order valence-corrected chi connectivity index (χ1v) is 14.0. The molecule has 0 aliphatic heterocycles. The van der Waals surface area contributed by atoms with Gasteiger partial charge in [-0.1, -0.05) is 67.1 Å². The largest absolute Gasteiger partial charge is 0.352 e. The molecule has 0 radical (unpaired) electrons. The molecule has 7 nitrogen and oxygen atoms in total. The van der Waals surface area contributed by atoms with Gasteiger partial charge in [0.1, 0.15) is 18.4 Å². The Morgan fingerprint density at radius 2 is 1.53 bits per heavy atom. The molecule has 2 amide bonds. The molecule has 38 heavy (non-hydrogen) atoms. The standard InChI is InChI=1S/C29H34FN3O4S/c1-5-26(29(35)31-21(2)3)32(19-23-11-7-6-8-12-23)28(34)20-33(27-14-10-9-13-25(27)30)38(36,37)24-17-15-22(4)16-18-24/h6-18,21,26H,5,19-20H2,1-4H3,(H,31,35)/t26-/m1/s1. The number of sulfonamides is 1. The Hall–Kier alpha value is -3.72. The normalized spacial score (nSPS) is 12.2. The van der Waals surface area contributed by atoms with Gasteiger partial charge >= 0.3 is 0 Å². The molecule has 3 aromatic carbocycles. The van der Waals surface area contributed by atoms with Gasteiger partial charge in [-0.25, -0.2) is 12.8 Å². The zero-order chi connectivity index (χ0) is 27.9. The van der Waals surface area contributed by atoms with Crippen LogP contribution in [-0.4, -0.2) is 43.8 Å².